The van der Waals surface area contributed by atoms with Gasteiger partial charge in [-0.25, -0.2) is 17.9 Å². The predicted molar refractivity (Wildman–Crippen MR) is 79.9 cm³/mol. The van der Waals surface area contributed by atoms with Gasteiger partial charge < -0.3 is 0 Å². The summed E-state index contributed by atoms with van der Waals surface area (Å²) < 4.78 is 29.0. The lowest BCUT2D eigenvalue weighted by atomic mass is 10.4. The third-order valence-electron chi connectivity index (χ3n) is 3.34. The summed E-state index contributed by atoms with van der Waals surface area (Å²) in [6, 6.07) is 5.10. The van der Waals surface area contributed by atoms with E-state index in [1.807, 2.05) is 0 Å². The molecule has 2 aromatic rings. The second kappa shape index (κ2) is 5.85. The summed E-state index contributed by atoms with van der Waals surface area (Å²) in [5.74, 6) is 0. The quantitative estimate of drug-likeness (QED) is 0.798. The highest BCUT2D eigenvalue weighted by Crippen LogP contribution is 2.08. The molecule has 1 N–H and O–H groups in total. The lowest BCUT2D eigenvalue weighted by molar-refractivity contribution is 0.565. The molecule has 0 spiro atoms. The van der Waals surface area contributed by atoms with Crippen LogP contribution in [0.3, 0.4) is 0 Å². The Kier molecular flexibility index (Phi) is 4.29. The standard InChI is InChI=1S/C13H16N4O4S/c1-9-11(12(18)17(3)13(19)16(9)2)22(20,21)15-8-10-6-4-5-7-14-10/h4-7,15H,8H2,1-3H3. The summed E-state index contributed by atoms with van der Waals surface area (Å²) in [7, 11) is -1.42. The Morgan fingerprint density at radius 2 is 1.86 bits per heavy atom. The Morgan fingerprint density at radius 3 is 2.45 bits per heavy atom. The van der Waals surface area contributed by atoms with Gasteiger partial charge in [-0.1, -0.05) is 6.07 Å². The van der Waals surface area contributed by atoms with Crippen LogP contribution in [0.15, 0.2) is 38.9 Å². The molecule has 0 aromatic carbocycles. The van der Waals surface area contributed by atoms with Gasteiger partial charge in [0.1, 0.15) is 0 Å². The van der Waals surface area contributed by atoms with Crippen LogP contribution in [-0.2, 0) is 30.7 Å². The molecule has 0 fully saturated rings. The average molecular weight is 324 g/mol. The zero-order valence-corrected chi connectivity index (χ0v) is 13.2. The van der Waals surface area contributed by atoms with Crippen molar-refractivity contribution in [3.63, 3.8) is 0 Å². The van der Waals surface area contributed by atoms with Crippen LogP contribution in [0.2, 0.25) is 0 Å². The minimum Gasteiger partial charge on any atom is -0.300 e. The minimum absolute atomic E-state index is 0.0470. The summed E-state index contributed by atoms with van der Waals surface area (Å²) in [6.07, 6.45) is 1.54. The van der Waals surface area contributed by atoms with Crippen LogP contribution in [0, 0.1) is 6.92 Å². The summed E-state index contributed by atoms with van der Waals surface area (Å²) >= 11 is 0. The third kappa shape index (κ3) is 2.85. The second-order valence-electron chi connectivity index (χ2n) is 4.77. The monoisotopic (exact) mass is 324 g/mol. The van der Waals surface area contributed by atoms with Gasteiger partial charge in [-0.05, 0) is 19.1 Å². The van der Waals surface area contributed by atoms with Gasteiger partial charge >= 0.3 is 5.69 Å². The van der Waals surface area contributed by atoms with Gasteiger partial charge in [-0.3, -0.25) is 18.9 Å². The molecule has 0 bridgehead atoms. The van der Waals surface area contributed by atoms with Crippen molar-refractivity contribution in [2.45, 2.75) is 18.4 Å². The maximum Gasteiger partial charge on any atom is 0.330 e. The fraction of sp³-hybridized carbons (Fsp3) is 0.308. The number of rotatable bonds is 4. The van der Waals surface area contributed by atoms with E-state index in [1.165, 1.54) is 21.0 Å². The van der Waals surface area contributed by atoms with Crippen LogP contribution in [0.4, 0.5) is 0 Å². The van der Waals surface area contributed by atoms with Crippen molar-refractivity contribution in [3.05, 3.63) is 56.6 Å². The highest BCUT2D eigenvalue weighted by Gasteiger charge is 2.24. The molecule has 2 heterocycles. The summed E-state index contributed by atoms with van der Waals surface area (Å²) in [5.41, 5.74) is -0.827. The van der Waals surface area contributed by atoms with Crippen molar-refractivity contribution >= 4 is 10.0 Å². The van der Waals surface area contributed by atoms with Crippen molar-refractivity contribution in [2.75, 3.05) is 0 Å². The Bertz CT molecular complexity index is 914. The molecule has 0 radical (unpaired) electrons. The number of nitrogens with one attached hydrogen (secondary N) is 1. The second-order valence-corrected chi connectivity index (χ2v) is 6.47. The van der Waals surface area contributed by atoms with Crippen LogP contribution in [0.1, 0.15) is 11.4 Å². The van der Waals surface area contributed by atoms with E-state index < -0.39 is 26.2 Å². The first-order chi connectivity index (χ1) is 10.3. The topological polar surface area (TPSA) is 103 Å². The van der Waals surface area contributed by atoms with Crippen LogP contribution in [0.5, 0.6) is 0 Å². The molecule has 118 valence electrons. The van der Waals surface area contributed by atoms with Gasteiger partial charge in [0.25, 0.3) is 5.56 Å². The number of hydrogen-bond acceptors (Lipinski definition) is 5. The summed E-state index contributed by atoms with van der Waals surface area (Å²) in [5, 5.41) is 0. The van der Waals surface area contributed by atoms with E-state index in [9.17, 15) is 18.0 Å². The Labute approximate surface area is 127 Å². The van der Waals surface area contributed by atoms with Crippen molar-refractivity contribution in [2.24, 2.45) is 14.1 Å². The Hall–Kier alpha value is -2.26. The number of hydrogen-bond donors (Lipinski definition) is 1. The normalized spacial score (nSPS) is 11.6. The van der Waals surface area contributed by atoms with Gasteiger partial charge in [-0.15, -0.1) is 0 Å². The lowest BCUT2D eigenvalue weighted by Crippen LogP contribution is -2.43. The molecule has 9 heteroatoms. The number of pyridine rings is 1. The highest BCUT2D eigenvalue weighted by atomic mass is 32.2. The fourth-order valence-electron chi connectivity index (χ4n) is 1.97. The van der Waals surface area contributed by atoms with Crippen LogP contribution in [0.25, 0.3) is 0 Å². The average Bonchev–Trinajstić information content (AvgIpc) is 2.50. The maximum atomic E-state index is 12.4. The van der Waals surface area contributed by atoms with Crippen LogP contribution < -0.4 is 16.0 Å². The molecule has 0 atom stereocenters. The van der Waals surface area contributed by atoms with Crippen molar-refractivity contribution < 1.29 is 8.42 Å². The van der Waals surface area contributed by atoms with Gasteiger partial charge in [-0.2, -0.15) is 0 Å². The molecule has 0 saturated heterocycles. The Morgan fingerprint density at radius 1 is 1.18 bits per heavy atom. The lowest BCUT2D eigenvalue weighted by Gasteiger charge is -2.12. The van der Waals surface area contributed by atoms with Gasteiger partial charge in [0.15, 0.2) is 4.90 Å². The molecule has 0 aliphatic rings. The van der Waals surface area contributed by atoms with Gasteiger partial charge in [0, 0.05) is 26.0 Å². The predicted octanol–water partition coefficient (Wildman–Crippen LogP) is -0.734. The molecule has 8 nitrogen and oxygen atoms in total. The number of sulfonamides is 1. The maximum absolute atomic E-state index is 12.4. The van der Waals surface area contributed by atoms with E-state index >= 15 is 0 Å². The van der Waals surface area contributed by atoms with Gasteiger partial charge in [0.2, 0.25) is 10.0 Å². The summed E-state index contributed by atoms with van der Waals surface area (Å²) in [6.45, 7) is 1.37. The van der Waals surface area contributed by atoms with Gasteiger partial charge in [0.05, 0.1) is 12.2 Å². The molecule has 0 aliphatic heterocycles. The van der Waals surface area contributed by atoms with E-state index in [4.69, 9.17) is 0 Å². The molecular formula is C13H16N4O4S. The van der Waals surface area contributed by atoms with E-state index in [0.717, 1.165) is 9.13 Å². The SMILES string of the molecule is Cc1c(S(=O)(=O)NCc2ccccn2)c(=O)n(C)c(=O)n1C. The zero-order chi connectivity index (χ0) is 16.5. The molecule has 0 unspecified atom stereocenters. The molecule has 0 aliphatic carbocycles. The molecule has 2 aromatic heterocycles. The third-order valence-corrected chi connectivity index (χ3v) is 4.87. The fourth-order valence-corrected chi connectivity index (χ4v) is 3.34. The highest BCUT2D eigenvalue weighted by molar-refractivity contribution is 7.89. The largest absolute Gasteiger partial charge is 0.330 e. The van der Waals surface area contributed by atoms with E-state index in [1.54, 1.807) is 24.4 Å². The van der Waals surface area contributed by atoms with E-state index in [-0.39, 0.29) is 12.2 Å². The van der Waals surface area contributed by atoms with E-state index in [0.29, 0.717) is 5.69 Å². The molecule has 0 saturated carbocycles. The molecule has 2 rings (SSSR count). The molecule has 0 amide bonds. The first kappa shape index (κ1) is 16.1. The zero-order valence-electron chi connectivity index (χ0n) is 12.4. The smallest absolute Gasteiger partial charge is 0.300 e. The van der Waals surface area contributed by atoms with Crippen molar-refractivity contribution in [3.8, 4) is 0 Å². The van der Waals surface area contributed by atoms with E-state index in [2.05, 4.69) is 9.71 Å². The first-order valence-electron chi connectivity index (χ1n) is 6.42. The Balaban J connectivity index is 2.47. The number of nitrogens with zero attached hydrogens (tertiary/aromatic N) is 3. The molecule has 22 heavy (non-hydrogen) atoms. The summed E-state index contributed by atoms with van der Waals surface area (Å²) in [4.78, 5) is 27.5. The van der Waals surface area contributed by atoms with Crippen LogP contribution in [-0.4, -0.2) is 22.5 Å². The molecular weight excluding hydrogens is 308 g/mol. The first-order valence-corrected chi connectivity index (χ1v) is 7.90. The van der Waals surface area contributed by atoms with Crippen molar-refractivity contribution in [1.82, 2.24) is 18.8 Å². The van der Waals surface area contributed by atoms with Crippen molar-refractivity contribution in [1.29, 1.82) is 0 Å². The van der Waals surface area contributed by atoms with Crippen LogP contribution >= 0.6 is 0 Å². The minimum atomic E-state index is -4.06. The number of aromatic nitrogens is 3.